The van der Waals surface area contributed by atoms with E-state index in [0.717, 1.165) is 17.3 Å². The van der Waals surface area contributed by atoms with Gasteiger partial charge in [0.15, 0.2) is 0 Å². The van der Waals surface area contributed by atoms with Crippen molar-refractivity contribution in [2.45, 2.75) is 57.5 Å². The molecule has 0 heterocycles. The lowest BCUT2D eigenvalue weighted by molar-refractivity contribution is 0.629. The van der Waals surface area contributed by atoms with Gasteiger partial charge in [-0.25, -0.2) is 0 Å². The molecule has 1 unspecified atom stereocenters. The van der Waals surface area contributed by atoms with E-state index in [9.17, 15) is 0 Å². The van der Waals surface area contributed by atoms with Crippen LogP contribution in [0.2, 0.25) is 0 Å². The molecule has 1 fully saturated rings. The lowest BCUT2D eigenvalue weighted by atomic mass is 10.0. The van der Waals surface area contributed by atoms with Crippen molar-refractivity contribution in [3.8, 4) is 0 Å². The van der Waals surface area contributed by atoms with Gasteiger partial charge in [-0.2, -0.15) is 0 Å². The zero-order chi connectivity index (χ0) is 13.8. The number of rotatable bonds is 5. The Labute approximate surface area is 125 Å². The molecular formula is C16H25BrN2. The van der Waals surface area contributed by atoms with Gasteiger partial charge in [-0.3, -0.25) is 0 Å². The van der Waals surface area contributed by atoms with Crippen LogP contribution in [-0.2, 0) is 6.42 Å². The Hall–Kier alpha value is -0.540. The summed E-state index contributed by atoms with van der Waals surface area (Å²) in [4.78, 5) is 2.47. The SMILES string of the molecule is CCC(N)Cc1cc(Br)ccc1N(C)C1CCCC1. The highest BCUT2D eigenvalue weighted by molar-refractivity contribution is 9.10. The third kappa shape index (κ3) is 3.73. The number of nitrogens with zero attached hydrogens (tertiary/aromatic N) is 1. The molecule has 0 amide bonds. The fourth-order valence-corrected chi connectivity index (χ4v) is 3.39. The first kappa shape index (κ1) is 14.9. The highest BCUT2D eigenvalue weighted by Gasteiger charge is 2.21. The highest BCUT2D eigenvalue weighted by atomic mass is 79.9. The van der Waals surface area contributed by atoms with Gasteiger partial charge in [0.2, 0.25) is 0 Å². The van der Waals surface area contributed by atoms with Crippen LogP contribution in [0.25, 0.3) is 0 Å². The predicted octanol–water partition coefficient (Wildman–Crippen LogP) is 4.11. The van der Waals surface area contributed by atoms with Gasteiger partial charge in [-0.15, -0.1) is 0 Å². The Morgan fingerprint density at radius 1 is 1.37 bits per heavy atom. The van der Waals surface area contributed by atoms with Gasteiger partial charge in [0, 0.05) is 29.3 Å². The van der Waals surface area contributed by atoms with E-state index in [1.54, 1.807) is 0 Å². The topological polar surface area (TPSA) is 29.3 Å². The van der Waals surface area contributed by atoms with Gasteiger partial charge in [0.25, 0.3) is 0 Å². The van der Waals surface area contributed by atoms with Crippen LogP contribution in [0.4, 0.5) is 5.69 Å². The monoisotopic (exact) mass is 324 g/mol. The first-order chi connectivity index (χ1) is 9.11. The van der Waals surface area contributed by atoms with Crippen molar-refractivity contribution < 1.29 is 0 Å². The van der Waals surface area contributed by atoms with Crippen molar-refractivity contribution in [2.75, 3.05) is 11.9 Å². The van der Waals surface area contributed by atoms with Gasteiger partial charge >= 0.3 is 0 Å². The van der Waals surface area contributed by atoms with Crippen molar-refractivity contribution in [1.29, 1.82) is 0 Å². The molecule has 2 nitrogen and oxygen atoms in total. The molecule has 1 aromatic carbocycles. The molecule has 0 spiro atoms. The van der Waals surface area contributed by atoms with Crippen molar-refractivity contribution in [2.24, 2.45) is 5.73 Å². The lowest BCUT2D eigenvalue weighted by Gasteiger charge is -2.29. The van der Waals surface area contributed by atoms with Crippen LogP contribution in [0.15, 0.2) is 22.7 Å². The van der Waals surface area contributed by atoms with Crippen LogP contribution in [0.3, 0.4) is 0 Å². The summed E-state index contributed by atoms with van der Waals surface area (Å²) < 4.78 is 1.15. The Kier molecular flexibility index (Phi) is 5.28. The fraction of sp³-hybridized carbons (Fsp3) is 0.625. The normalized spacial score (nSPS) is 17.7. The molecule has 106 valence electrons. The predicted molar refractivity (Wildman–Crippen MR) is 86.8 cm³/mol. The van der Waals surface area contributed by atoms with E-state index < -0.39 is 0 Å². The zero-order valence-corrected chi connectivity index (χ0v) is 13.6. The van der Waals surface area contributed by atoms with E-state index >= 15 is 0 Å². The minimum Gasteiger partial charge on any atom is -0.371 e. The number of anilines is 1. The van der Waals surface area contributed by atoms with Crippen LogP contribution >= 0.6 is 15.9 Å². The van der Waals surface area contributed by atoms with E-state index in [4.69, 9.17) is 5.73 Å². The second kappa shape index (κ2) is 6.76. The van der Waals surface area contributed by atoms with E-state index in [1.165, 1.54) is 36.9 Å². The summed E-state index contributed by atoms with van der Waals surface area (Å²) in [7, 11) is 2.24. The average Bonchev–Trinajstić information content (AvgIpc) is 2.92. The summed E-state index contributed by atoms with van der Waals surface area (Å²) >= 11 is 3.58. The average molecular weight is 325 g/mol. The standard InChI is InChI=1S/C16H25BrN2/c1-3-14(18)11-12-10-13(17)8-9-16(12)19(2)15-6-4-5-7-15/h8-10,14-15H,3-7,11,18H2,1-2H3. The molecule has 1 aliphatic rings. The van der Waals surface area contributed by atoms with E-state index in [0.29, 0.717) is 6.04 Å². The van der Waals surface area contributed by atoms with E-state index in [-0.39, 0.29) is 6.04 Å². The van der Waals surface area contributed by atoms with Gasteiger partial charge < -0.3 is 10.6 Å². The van der Waals surface area contributed by atoms with E-state index in [1.807, 2.05) is 0 Å². The first-order valence-corrected chi connectivity index (χ1v) is 8.18. The molecule has 1 aliphatic carbocycles. The first-order valence-electron chi connectivity index (χ1n) is 7.38. The maximum absolute atomic E-state index is 6.14. The lowest BCUT2D eigenvalue weighted by Crippen LogP contribution is -2.31. The molecule has 19 heavy (non-hydrogen) atoms. The highest BCUT2D eigenvalue weighted by Crippen LogP contribution is 2.31. The molecule has 2 N–H and O–H groups in total. The molecule has 0 bridgehead atoms. The molecule has 2 rings (SSSR count). The second-order valence-electron chi connectivity index (χ2n) is 5.69. The van der Waals surface area contributed by atoms with Crippen LogP contribution < -0.4 is 10.6 Å². The molecule has 0 saturated heterocycles. The Bertz CT molecular complexity index is 413. The van der Waals surface area contributed by atoms with Crippen molar-refractivity contribution in [1.82, 2.24) is 0 Å². The summed E-state index contributed by atoms with van der Waals surface area (Å²) in [6.07, 6.45) is 7.38. The Morgan fingerprint density at radius 2 is 2.05 bits per heavy atom. The summed E-state index contributed by atoms with van der Waals surface area (Å²) in [5.41, 5.74) is 8.88. The minimum atomic E-state index is 0.255. The molecule has 0 aromatic heterocycles. The molecule has 1 atom stereocenters. The van der Waals surface area contributed by atoms with Crippen molar-refractivity contribution in [3.05, 3.63) is 28.2 Å². The smallest absolute Gasteiger partial charge is 0.0400 e. The van der Waals surface area contributed by atoms with Crippen LogP contribution in [-0.4, -0.2) is 19.1 Å². The fourth-order valence-electron chi connectivity index (χ4n) is 2.98. The Balaban J connectivity index is 2.22. The van der Waals surface area contributed by atoms with Gasteiger partial charge in [0.1, 0.15) is 0 Å². The maximum atomic E-state index is 6.14. The molecule has 1 saturated carbocycles. The zero-order valence-electron chi connectivity index (χ0n) is 12.0. The van der Waals surface area contributed by atoms with Crippen LogP contribution in [0.5, 0.6) is 0 Å². The molecule has 0 aliphatic heterocycles. The van der Waals surface area contributed by atoms with Gasteiger partial charge in [-0.05, 0) is 49.4 Å². The largest absolute Gasteiger partial charge is 0.371 e. The Morgan fingerprint density at radius 3 is 2.68 bits per heavy atom. The third-order valence-electron chi connectivity index (χ3n) is 4.30. The molecule has 0 radical (unpaired) electrons. The van der Waals surface area contributed by atoms with Crippen molar-refractivity contribution >= 4 is 21.6 Å². The van der Waals surface area contributed by atoms with Crippen molar-refractivity contribution in [3.63, 3.8) is 0 Å². The molecule has 1 aromatic rings. The third-order valence-corrected chi connectivity index (χ3v) is 4.79. The number of benzene rings is 1. The molecule has 3 heteroatoms. The van der Waals surface area contributed by atoms with Gasteiger partial charge in [0.05, 0.1) is 0 Å². The summed E-state index contributed by atoms with van der Waals surface area (Å²) in [6, 6.07) is 7.57. The number of halogens is 1. The maximum Gasteiger partial charge on any atom is 0.0400 e. The van der Waals surface area contributed by atoms with Crippen LogP contribution in [0, 0.1) is 0 Å². The summed E-state index contributed by atoms with van der Waals surface area (Å²) in [6.45, 7) is 2.16. The number of hydrogen-bond donors (Lipinski definition) is 1. The number of nitrogens with two attached hydrogens (primary N) is 1. The second-order valence-corrected chi connectivity index (χ2v) is 6.61. The molecular weight excluding hydrogens is 300 g/mol. The summed E-state index contributed by atoms with van der Waals surface area (Å²) in [5, 5.41) is 0. The quantitative estimate of drug-likeness (QED) is 0.883. The minimum absolute atomic E-state index is 0.255. The van der Waals surface area contributed by atoms with Gasteiger partial charge in [-0.1, -0.05) is 35.7 Å². The van der Waals surface area contributed by atoms with Crippen LogP contribution in [0.1, 0.15) is 44.6 Å². The summed E-state index contributed by atoms with van der Waals surface area (Å²) in [5.74, 6) is 0. The number of hydrogen-bond acceptors (Lipinski definition) is 2. The van der Waals surface area contributed by atoms with E-state index in [2.05, 4.69) is 53.0 Å².